The number of anilines is 2. The summed E-state index contributed by atoms with van der Waals surface area (Å²) in [5.74, 6) is 1.85. The molecule has 0 saturated carbocycles. The number of nitrogens with two attached hydrogens (primary N) is 1. The largest absolute Gasteiger partial charge is 0.386 e. The molecule has 1 aromatic heterocycles. The first-order valence-electron chi connectivity index (χ1n) is 6.90. The van der Waals surface area contributed by atoms with Gasteiger partial charge in [0.25, 0.3) is 0 Å². The quantitative estimate of drug-likeness (QED) is 0.771. The van der Waals surface area contributed by atoms with Gasteiger partial charge in [-0.25, -0.2) is 9.97 Å². The first kappa shape index (κ1) is 15.0. The van der Waals surface area contributed by atoms with Gasteiger partial charge >= 0.3 is 0 Å². The van der Waals surface area contributed by atoms with E-state index >= 15 is 0 Å². The second-order valence-corrected chi connectivity index (χ2v) is 6.54. The third-order valence-electron chi connectivity index (χ3n) is 3.52. The average Bonchev–Trinajstić information content (AvgIpc) is 2.77. The maximum Gasteiger partial charge on any atom is 0.138 e. The van der Waals surface area contributed by atoms with Crippen LogP contribution in [-0.2, 0) is 10.2 Å². The van der Waals surface area contributed by atoms with Crippen molar-refractivity contribution in [1.82, 2.24) is 9.97 Å². The lowest BCUT2D eigenvalue weighted by Crippen LogP contribution is -2.37. The summed E-state index contributed by atoms with van der Waals surface area (Å²) >= 11 is 0. The Bertz CT molecular complexity index is 491. The van der Waals surface area contributed by atoms with Gasteiger partial charge in [-0.15, -0.1) is 0 Å². The molecule has 2 heterocycles. The molecule has 0 aromatic carbocycles. The zero-order valence-corrected chi connectivity index (χ0v) is 12.7. The van der Waals surface area contributed by atoms with Gasteiger partial charge in [0.05, 0.1) is 6.61 Å². The Labute approximate surface area is 119 Å². The number of aromatic nitrogens is 2. The molecule has 0 bridgehead atoms. The number of nitrogens with zero attached hydrogens (tertiary/aromatic N) is 2. The topological polar surface area (TPSA) is 93.3 Å². The highest BCUT2D eigenvalue weighted by atomic mass is 16.5. The first-order chi connectivity index (χ1) is 9.21. The molecule has 0 radical (unpaired) electrons. The van der Waals surface area contributed by atoms with Gasteiger partial charge < -0.3 is 20.9 Å². The number of hydrogen-bond donors (Lipinski definition) is 3. The number of nitrogen functional groups attached to an aromatic ring is 1. The molecule has 2 rings (SSSR count). The monoisotopic (exact) mass is 280 g/mol. The third kappa shape index (κ3) is 3.19. The highest BCUT2D eigenvalue weighted by molar-refractivity contribution is 5.55. The summed E-state index contributed by atoms with van der Waals surface area (Å²) < 4.78 is 5.23. The van der Waals surface area contributed by atoms with Crippen molar-refractivity contribution >= 4 is 11.6 Å². The zero-order valence-electron chi connectivity index (χ0n) is 12.7. The van der Waals surface area contributed by atoms with Crippen LogP contribution in [0.4, 0.5) is 11.6 Å². The smallest absolute Gasteiger partial charge is 0.138 e. The van der Waals surface area contributed by atoms with Crippen molar-refractivity contribution in [1.29, 1.82) is 0 Å². The normalized spacial score (nSPS) is 23.1. The van der Waals surface area contributed by atoms with Crippen LogP contribution in [0.15, 0.2) is 0 Å². The average molecular weight is 280 g/mol. The van der Waals surface area contributed by atoms with Crippen LogP contribution in [0, 0.1) is 6.92 Å². The van der Waals surface area contributed by atoms with E-state index in [-0.39, 0.29) is 5.41 Å². The van der Waals surface area contributed by atoms with E-state index < -0.39 is 5.60 Å². The summed E-state index contributed by atoms with van der Waals surface area (Å²) in [6.45, 7) is 9.34. The molecular weight excluding hydrogens is 256 g/mol. The van der Waals surface area contributed by atoms with Gasteiger partial charge in [0.15, 0.2) is 0 Å². The number of ether oxygens (including phenoxy) is 1. The van der Waals surface area contributed by atoms with Crippen LogP contribution in [0.5, 0.6) is 0 Å². The van der Waals surface area contributed by atoms with Gasteiger partial charge in [0.2, 0.25) is 0 Å². The van der Waals surface area contributed by atoms with Crippen molar-refractivity contribution in [3.8, 4) is 0 Å². The van der Waals surface area contributed by atoms with E-state index in [0.29, 0.717) is 43.6 Å². The zero-order chi connectivity index (χ0) is 15.0. The number of nitrogens with one attached hydrogen (secondary N) is 1. The van der Waals surface area contributed by atoms with E-state index in [0.717, 1.165) is 5.56 Å². The molecule has 112 valence electrons. The summed E-state index contributed by atoms with van der Waals surface area (Å²) in [6, 6.07) is 0. The van der Waals surface area contributed by atoms with E-state index in [1.54, 1.807) is 0 Å². The summed E-state index contributed by atoms with van der Waals surface area (Å²) in [7, 11) is 0. The maximum absolute atomic E-state index is 10.3. The van der Waals surface area contributed by atoms with Crippen molar-refractivity contribution in [3.63, 3.8) is 0 Å². The van der Waals surface area contributed by atoms with Gasteiger partial charge in [-0.1, -0.05) is 20.8 Å². The van der Waals surface area contributed by atoms with E-state index in [2.05, 4.69) is 15.3 Å². The van der Waals surface area contributed by atoms with Crippen molar-refractivity contribution < 1.29 is 9.84 Å². The van der Waals surface area contributed by atoms with Crippen LogP contribution in [0.25, 0.3) is 0 Å². The summed E-state index contributed by atoms with van der Waals surface area (Å²) in [5.41, 5.74) is 5.76. The molecule has 0 amide bonds. The minimum absolute atomic E-state index is 0.175. The molecule has 1 aliphatic rings. The van der Waals surface area contributed by atoms with E-state index in [4.69, 9.17) is 10.5 Å². The number of rotatable bonds is 3. The minimum Gasteiger partial charge on any atom is -0.386 e. The molecular formula is C14H24N4O2. The summed E-state index contributed by atoms with van der Waals surface area (Å²) in [6.07, 6.45) is 0.631. The van der Waals surface area contributed by atoms with E-state index in [1.807, 2.05) is 27.7 Å². The van der Waals surface area contributed by atoms with E-state index in [1.165, 1.54) is 0 Å². The van der Waals surface area contributed by atoms with Gasteiger partial charge in [0, 0.05) is 30.6 Å². The molecule has 4 N–H and O–H groups in total. The third-order valence-corrected chi connectivity index (χ3v) is 3.52. The second kappa shape index (κ2) is 5.18. The van der Waals surface area contributed by atoms with Crippen LogP contribution in [-0.4, -0.2) is 40.4 Å². The lowest BCUT2D eigenvalue weighted by atomic mass is 9.95. The molecule has 1 unspecified atom stereocenters. The SMILES string of the molecule is Cc1c(N)nc(C(C)(C)C)nc1NCC1(O)CCOC1. The Morgan fingerprint density at radius 2 is 2.10 bits per heavy atom. The van der Waals surface area contributed by atoms with Crippen molar-refractivity contribution in [2.24, 2.45) is 0 Å². The highest BCUT2D eigenvalue weighted by Crippen LogP contribution is 2.26. The van der Waals surface area contributed by atoms with Gasteiger partial charge in [-0.3, -0.25) is 0 Å². The van der Waals surface area contributed by atoms with Gasteiger partial charge in [0.1, 0.15) is 23.1 Å². The fourth-order valence-electron chi connectivity index (χ4n) is 2.03. The van der Waals surface area contributed by atoms with Crippen molar-refractivity contribution in [3.05, 3.63) is 11.4 Å². The predicted octanol–water partition coefficient (Wildman–Crippen LogP) is 1.23. The molecule has 20 heavy (non-hydrogen) atoms. The summed E-state index contributed by atoms with van der Waals surface area (Å²) in [4.78, 5) is 8.88. The predicted molar refractivity (Wildman–Crippen MR) is 78.8 cm³/mol. The second-order valence-electron chi connectivity index (χ2n) is 6.54. The minimum atomic E-state index is -0.825. The molecule has 1 atom stereocenters. The Morgan fingerprint density at radius 1 is 1.40 bits per heavy atom. The van der Waals surface area contributed by atoms with Crippen LogP contribution in [0.2, 0.25) is 0 Å². The van der Waals surface area contributed by atoms with Gasteiger partial charge in [-0.05, 0) is 6.92 Å². The maximum atomic E-state index is 10.3. The number of aliphatic hydroxyl groups is 1. The summed E-state index contributed by atoms with van der Waals surface area (Å²) in [5, 5.41) is 13.5. The Morgan fingerprint density at radius 3 is 2.65 bits per heavy atom. The highest BCUT2D eigenvalue weighted by Gasteiger charge is 2.32. The van der Waals surface area contributed by atoms with Crippen molar-refractivity contribution in [2.45, 2.75) is 45.1 Å². The van der Waals surface area contributed by atoms with Crippen LogP contribution in [0.1, 0.15) is 38.6 Å². The molecule has 1 aromatic rings. The Kier molecular flexibility index (Phi) is 3.88. The lowest BCUT2D eigenvalue weighted by Gasteiger charge is -2.23. The molecule has 6 heteroatoms. The lowest BCUT2D eigenvalue weighted by molar-refractivity contribution is 0.0381. The van der Waals surface area contributed by atoms with E-state index in [9.17, 15) is 5.11 Å². The van der Waals surface area contributed by atoms with Gasteiger partial charge in [-0.2, -0.15) is 0 Å². The molecule has 6 nitrogen and oxygen atoms in total. The molecule has 1 aliphatic heterocycles. The molecule has 0 spiro atoms. The van der Waals surface area contributed by atoms with Crippen molar-refractivity contribution in [2.75, 3.05) is 30.8 Å². The fourth-order valence-corrected chi connectivity index (χ4v) is 2.03. The van der Waals surface area contributed by atoms with Crippen LogP contribution < -0.4 is 11.1 Å². The first-order valence-corrected chi connectivity index (χ1v) is 6.90. The molecule has 1 saturated heterocycles. The Hall–Kier alpha value is -1.40. The molecule has 0 aliphatic carbocycles. The van der Waals surface area contributed by atoms with Crippen LogP contribution >= 0.6 is 0 Å². The fraction of sp³-hybridized carbons (Fsp3) is 0.714. The van der Waals surface area contributed by atoms with Crippen LogP contribution in [0.3, 0.4) is 0 Å². The standard InChI is InChI=1S/C14H24N4O2/c1-9-10(15)17-12(13(2,3)4)18-11(9)16-7-14(19)5-6-20-8-14/h19H,5-8H2,1-4H3,(H3,15,16,17,18). The molecule has 1 fully saturated rings. The Balaban J connectivity index is 2.20. The number of hydrogen-bond acceptors (Lipinski definition) is 6.